The molecule has 6 heteroatoms. The lowest BCUT2D eigenvalue weighted by Crippen LogP contribution is -2.42. The van der Waals surface area contributed by atoms with E-state index in [9.17, 15) is 10.1 Å². The van der Waals surface area contributed by atoms with Crippen molar-refractivity contribution in [3.8, 4) is 6.07 Å². The molecule has 1 amide bonds. The van der Waals surface area contributed by atoms with Crippen LogP contribution in [-0.4, -0.2) is 53.5 Å². The molecule has 3 rings (SSSR count). The smallest absolute Gasteiger partial charge is 0.227 e. The molecule has 2 aliphatic rings. The monoisotopic (exact) mass is 302 g/mol. The molecule has 2 aliphatic heterocycles. The Morgan fingerprint density at radius 2 is 2.19 bits per heavy atom. The first-order valence-electron chi connectivity index (χ1n) is 7.25. The van der Waals surface area contributed by atoms with Crippen LogP contribution < -0.4 is 4.90 Å². The molecule has 110 valence electrons. The van der Waals surface area contributed by atoms with E-state index in [2.05, 4.69) is 16.0 Å². The number of thioether (sulfide) groups is 1. The van der Waals surface area contributed by atoms with Crippen LogP contribution in [0.2, 0.25) is 0 Å². The third-order valence-corrected chi connectivity index (χ3v) is 5.06. The Morgan fingerprint density at radius 1 is 1.38 bits per heavy atom. The number of pyridine rings is 1. The summed E-state index contributed by atoms with van der Waals surface area (Å²) >= 11 is 1.91. The molecule has 0 saturated carbocycles. The Morgan fingerprint density at radius 3 is 2.95 bits per heavy atom. The Bertz CT molecular complexity index is 565. The number of hydrogen-bond acceptors (Lipinski definition) is 5. The summed E-state index contributed by atoms with van der Waals surface area (Å²) in [6.07, 6.45) is 4.22. The standard InChI is InChI=1S/C15H18N4OS/c16-9-12-1-3-17-10-14(12)19-4-2-13(11-19)15(20)18-5-7-21-8-6-18/h1,3,10,13H,2,4-8,11H2. The molecule has 5 nitrogen and oxygen atoms in total. The molecule has 0 N–H and O–H groups in total. The normalized spacial score (nSPS) is 22.1. The van der Waals surface area contributed by atoms with Crippen LogP contribution in [0.15, 0.2) is 18.5 Å². The maximum Gasteiger partial charge on any atom is 0.227 e. The van der Waals surface area contributed by atoms with Gasteiger partial charge in [0.15, 0.2) is 0 Å². The molecule has 1 unspecified atom stereocenters. The number of nitrogens with zero attached hydrogens (tertiary/aromatic N) is 4. The van der Waals surface area contributed by atoms with Crippen molar-refractivity contribution in [2.75, 3.05) is 42.6 Å². The van der Waals surface area contributed by atoms with Gasteiger partial charge < -0.3 is 9.80 Å². The van der Waals surface area contributed by atoms with Crippen molar-refractivity contribution in [3.05, 3.63) is 24.0 Å². The van der Waals surface area contributed by atoms with Crippen LogP contribution in [0, 0.1) is 17.2 Å². The Labute approximate surface area is 128 Å². The zero-order valence-electron chi connectivity index (χ0n) is 11.9. The third kappa shape index (κ3) is 2.98. The summed E-state index contributed by atoms with van der Waals surface area (Å²) in [4.78, 5) is 20.8. The van der Waals surface area contributed by atoms with Gasteiger partial charge in [-0.25, -0.2) is 0 Å². The number of hydrogen-bond donors (Lipinski definition) is 0. The molecule has 1 atom stereocenters. The van der Waals surface area contributed by atoms with Gasteiger partial charge in [0.05, 0.1) is 23.4 Å². The first kappa shape index (κ1) is 14.2. The van der Waals surface area contributed by atoms with Gasteiger partial charge in [-0.05, 0) is 12.5 Å². The zero-order valence-corrected chi connectivity index (χ0v) is 12.7. The minimum atomic E-state index is 0.0554. The van der Waals surface area contributed by atoms with Gasteiger partial charge in [-0.1, -0.05) is 0 Å². The maximum atomic E-state index is 12.5. The van der Waals surface area contributed by atoms with Crippen LogP contribution in [-0.2, 0) is 4.79 Å². The van der Waals surface area contributed by atoms with Gasteiger partial charge in [-0.15, -0.1) is 0 Å². The Kier molecular flexibility index (Phi) is 4.30. The molecular weight excluding hydrogens is 284 g/mol. The second kappa shape index (κ2) is 6.35. The number of carbonyl (C=O) groups is 1. The SMILES string of the molecule is N#Cc1ccncc1N1CCC(C(=O)N2CCSCC2)C1. The summed E-state index contributed by atoms with van der Waals surface area (Å²) in [5.41, 5.74) is 1.48. The molecule has 0 radical (unpaired) electrons. The largest absolute Gasteiger partial charge is 0.368 e. The highest BCUT2D eigenvalue weighted by molar-refractivity contribution is 7.99. The summed E-state index contributed by atoms with van der Waals surface area (Å²) < 4.78 is 0. The van der Waals surface area contributed by atoms with E-state index < -0.39 is 0 Å². The highest BCUT2D eigenvalue weighted by Crippen LogP contribution is 2.27. The number of nitriles is 1. The summed E-state index contributed by atoms with van der Waals surface area (Å²) in [5.74, 6) is 2.42. The summed E-state index contributed by atoms with van der Waals surface area (Å²) in [6.45, 7) is 3.26. The molecule has 2 saturated heterocycles. The first-order valence-corrected chi connectivity index (χ1v) is 8.40. The summed E-state index contributed by atoms with van der Waals surface area (Å²) in [5, 5.41) is 9.18. The lowest BCUT2D eigenvalue weighted by Gasteiger charge is -2.29. The lowest BCUT2D eigenvalue weighted by atomic mass is 10.1. The number of aromatic nitrogens is 1. The second-order valence-corrected chi connectivity index (χ2v) is 6.60. The Hall–Kier alpha value is -1.74. The fourth-order valence-corrected chi connectivity index (χ4v) is 3.86. The maximum absolute atomic E-state index is 12.5. The molecular formula is C15H18N4OS. The average Bonchev–Trinajstić information content (AvgIpc) is 3.04. The Balaban J connectivity index is 1.68. The average molecular weight is 302 g/mol. The van der Waals surface area contributed by atoms with Crippen molar-refractivity contribution in [2.24, 2.45) is 5.92 Å². The molecule has 0 aliphatic carbocycles. The highest BCUT2D eigenvalue weighted by atomic mass is 32.2. The van der Waals surface area contributed by atoms with Crippen LogP contribution in [0.25, 0.3) is 0 Å². The molecule has 0 spiro atoms. The predicted octanol–water partition coefficient (Wildman–Crippen LogP) is 1.35. The van der Waals surface area contributed by atoms with E-state index in [1.807, 2.05) is 16.7 Å². The number of amides is 1. The molecule has 1 aromatic heterocycles. The van der Waals surface area contributed by atoms with Crippen molar-refractivity contribution >= 4 is 23.4 Å². The number of carbonyl (C=O) groups excluding carboxylic acids is 1. The fourth-order valence-electron chi connectivity index (χ4n) is 2.96. The first-order chi connectivity index (χ1) is 10.3. The quantitative estimate of drug-likeness (QED) is 0.825. The van der Waals surface area contributed by atoms with Crippen LogP contribution in [0.4, 0.5) is 5.69 Å². The van der Waals surface area contributed by atoms with E-state index in [0.29, 0.717) is 12.1 Å². The number of rotatable bonds is 2. The molecule has 0 aromatic carbocycles. The van der Waals surface area contributed by atoms with E-state index in [-0.39, 0.29) is 11.8 Å². The molecule has 1 aromatic rings. The van der Waals surface area contributed by atoms with Crippen molar-refractivity contribution in [1.82, 2.24) is 9.88 Å². The minimum absolute atomic E-state index is 0.0554. The van der Waals surface area contributed by atoms with E-state index in [1.165, 1.54) is 0 Å². The van der Waals surface area contributed by atoms with Crippen LogP contribution in [0.3, 0.4) is 0 Å². The van der Waals surface area contributed by atoms with Gasteiger partial charge in [0, 0.05) is 43.9 Å². The molecule has 0 bridgehead atoms. The van der Waals surface area contributed by atoms with E-state index in [0.717, 1.165) is 43.2 Å². The van der Waals surface area contributed by atoms with Gasteiger partial charge in [0.1, 0.15) is 6.07 Å². The van der Waals surface area contributed by atoms with E-state index >= 15 is 0 Å². The summed E-state index contributed by atoms with van der Waals surface area (Å²) in [6, 6.07) is 3.93. The molecule has 21 heavy (non-hydrogen) atoms. The molecule has 3 heterocycles. The van der Waals surface area contributed by atoms with Gasteiger partial charge in [0.25, 0.3) is 0 Å². The summed E-state index contributed by atoms with van der Waals surface area (Å²) in [7, 11) is 0. The fraction of sp³-hybridized carbons (Fsp3) is 0.533. The van der Waals surface area contributed by atoms with Gasteiger partial charge in [0.2, 0.25) is 5.91 Å². The minimum Gasteiger partial charge on any atom is -0.368 e. The van der Waals surface area contributed by atoms with Gasteiger partial charge >= 0.3 is 0 Å². The second-order valence-electron chi connectivity index (χ2n) is 5.37. The van der Waals surface area contributed by atoms with Crippen molar-refractivity contribution in [2.45, 2.75) is 6.42 Å². The number of anilines is 1. The lowest BCUT2D eigenvalue weighted by molar-refractivity contribution is -0.134. The van der Waals surface area contributed by atoms with E-state index in [1.54, 1.807) is 18.5 Å². The van der Waals surface area contributed by atoms with Gasteiger partial charge in [-0.3, -0.25) is 9.78 Å². The highest BCUT2D eigenvalue weighted by Gasteiger charge is 2.32. The van der Waals surface area contributed by atoms with Crippen molar-refractivity contribution < 1.29 is 4.79 Å². The van der Waals surface area contributed by atoms with Gasteiger partial charge in [-0.2, -0.15) is 17.0 Å². The topological polar surface area (TPSA) is 60.2 Å². The van der Waals surface area contributed by atoms with Crippen LogP contribution in [0.5, 0.6) is 0 Å². The molecule has 2 fully saturated rings. The zero-order chi connectivity index (χ0) is 14.7. The predicted molar refractivity (Wildman–Crippen MR) is 83.2 cm³/mol. The van der Waals surface area contributed by atoms with Crippen LogP contribution in [0.1, 0.15) is 12.0 Å². The van der Waals surface area contributed by atoms with Crippen LogP contribution >= 0.6 is 11.8 Å². The van der Waals surface area contributed by atoms with Crippen molar-refractivity contribution in [1.29, 1.82) is 5.26 Å². The third-order valence-electron chi connectivity index (χ3n) is 4.12. The van der Waals surface area contributed by atoms with E-state index in [4.69, 9.17) is 0 Å². The van der Waals surface area contributed by atoms with Crippen molar-refractivity contribution in [3.63, 3.8) is 0 Å².